The maximum atomic E-state index is 14.2. The molecule has 10 nitrogen and oxygen atoms in total. The molecule has 2 aromatic rings. The van der Waals surface area contributed by atoms with Crippen molar-refractivity contribution in [1.29, 1.82) is 0 Å². The van der Waals surface area contributed by atoms with Gasteiger partial charge < -0.3 is 19.3 Å². The van der Waals surface area contributed by atoms with Crippen LogP contribution in [0.2, 0.25) is 5.02 Å². The molecule has 312 valence electrons. The number of carbonyl (C=O) groups excluding carboxylic acids is 1. The number of piperidine rings is 1. The quantitative estimate of drug-likeness (QED) is 0.334. The lowest BCUT2D eigenvalue weighted by molar-refractivity contribution is -0.100. The fraction of sp³-hybridized carbons (Fsp3) is 0.667. The van der Waals surface area contributed by atoms with Crippen molar-refractivity contribution in [1.82, 2.24) is 19.4 Å². The smallest absolute Gasteiger partial charge is 0.264 e. The number of halogens is 1. The summed E-state index contributed by atoms with van der Waals surface area (Å²) < 4.78 is 44.6. The van der Waals surface area contributed by atoms with Gasteiger partial charge >= 0.3 is 0 Å². The molecule has 0 unspecified atom stereocenters. The number of methoxy groups -OCH3 is 1. The Morgan fingerprint density at radius 1 is 1.04 bits per heavy atom. The van der Waals surface area contributed by atoms with E-state index in [9.17, 15) is 13.2 Å². The molecule has 2 saturated heterocycles. The van der Waals surface area contributed by atoms with E-state index in [4.69, 9.17) is 21.1 Å². The molecule has 7 atom stereocenters. The second-order valence-corrected chi connectivity index (χ2v) is 20.9. The van der Waals surface area contributed by atoms with E-state index < -0.39 is 26.8 Å². The lowest BCUT2D eigenvalue weighted by Crippen LogP contribution is -2.61. The number of rotatable bonds is 6. The number of hydrogen-bond acceptors (Lipinski definition) is 9. The molecule has 8 rings (SSSR count). The van der Waals surface area contributed by atoms with Gasteiger partial charge in [-0.2, -0.15) is 0 Å². The van der Waals surface area contributed by atoms with Crippen LogP contribution in [0.25, 0.3) is 0 Å². The van der Waals surface area contributed by atoms with Gasteiger partial charge in [0.1, 0.15) is 11.4 Å². The van der Waals surface area contributed by atoms with E-state index in [0.29, 0.717) is 43.5 Å². The predicted molar refractivity (Wildman–Crippen MR) is 228 cm³/mol. The summed E-state index contributed by atoms with van der Waals surface area (Å²) in [5.41, 5.74) is 2.95. The van der Waals surface area contributed by atoms with Crippen molar-refractivity contribution in [3.8, 4) is 5.75 Å². The van der Waals surface area contributed by atoms with Crippen LogP contribution in [-0.2, 0) is 26.6 Å². The SMILES string of the molecule is CO[C@]1(CN2CCN3CCCC[C@@H]3C2)/C=C/C[C@H](C)[C@@H](CCN(C)C)S(=O)(=O)NC(=O)c2ccc3c(c2)N(C[C@@H]2CC[C@H]21)C[C@@]1(CCCc2cc(Cl)ccc21)CO3. The topological polar surface area (TPSA) is 94.7 Å². The standard InChI is InChI=1S/C45H64ClN5O5S/c1-32-9-7-20-45(55-4,30-49-23-24-50-21-6-5-11-37(50)28-49)39-15-12-35(39)27-51-29-44(19-8-10-33-25-36(46)14-16-38(33)44)31-56-41-17-13-34(26-40(41)51)43(52)47-57(53,54)42(32)18-22-48(2)3/h7,13-14,16-17,20,25-26,32,35,37,39,42H,5-6,8-12,15,18-19,21-24,27-31H2,1-4H3,(H,47,52)/b20-7+/t32-,35-,37+,39+,42+,44-,45-/m0/s1. The molecule has 1 spiro atoms. The van der Waals surface area contributed by atoms with Gasteiger partial charge in [-0.1, -0.05) is 43.2 Å². The Bertz CT molecular complexity index is 1930. The highest BCUT2D eigenvalue weighted by Crippen LogP contribution is 2.49. The van der Waals surface area contributed by atoms with E-state index >= 15 is 0 Å². The summed E-state index contributed by atoms with van der Waals surface area (Å²) >= 11 is 6.54. The maximum Gasteiger partial charge on any atom is 0.264 e. The molecule has 12 heteroatoms. The lowest BCUT2D eigenvalue weighted by atomic mass is 9.63. The van der Waals surface area contributed by atoms with E-state index in [1.165, 1.54) is 36.9 Å². The van der Waals surface area contributed by atoms with Gasteiger partial charge in [0, 0.05) is 68.4 Å². The summed E-state index contributed by atoms with van der Waals surface area (Å²) in [7, 11) is 1.76. The minimum atomic E-state index is -4.03. The van der Waals surface area contributed by atoms with Gasteiger partial charge in [0.05, 0.1) is 17.5 Å². The van der Waals surface area contributed by atoms with Gasteiger partial charge in [-0.3, -0.25) is 14.6 Å². The number of amides is 1. The van der Waals surface area contributed by atoms with Crippen LogP contribution < -0.4 is 14.4 Å². The van der Waals surface area contributed by atoms with Crippen molar-refractivity contribution >= 4 is 33.2 Å². The Morgan fingerprint density at radius 2 is 1.89 bits per heavy atom. The van der Waals surface area contributed by atoms with Crippen LogP contribution in [0.5, 0.6) is 5.75 Å². The summed E-state index contributed by atoms with van der Waals surface area (Å²) in [6.45, 7) is 9.83. The van der Waals surface area contributed by atoms with E-state index in [1.807, 2.05) is 51.2 Å². The molecule has 1 saturated carbocycles. The highest BCUT2D eigenvalue weighted by atomic mass is 35.5. The zero-order valence-corrected chi connectivity index (χ0v) is 36.1. The first kappa shape index (κ1) is 41.1. The summed E-state index contributed by atoms with van der Waals surface area (Å²) in [6.07, 6.45) is 14.5. The predicted octanol–water partition coefficient (Wildman–Crippen LogP) is 6.37. The molecule has 4 aliphatic heterocycles. The minimum absolute atomic E-state index is 0.225. The number of allylic oxidation sites excluding steroid dienone is 1. The Labute approximate surface area is 346 Å². The van der Waals surface area contributed by atoms with Crippen LogP contribution in [0.3, 0.4) is 0 Å². The van der Waals surface area contributed by atoms with Crippen molar-refractivity contribution in [3.05, 3.63) is 70.3 Å². The third-order valence-corrected chi connectivity index (χ3v) is 16.8. The molecule has 57 heavy (non-hydrogen) atoms. The highest BCUT2D eigenvalue weighted by Gasteiger charge is 2.50. The number of fused-ring (bicyclic) bond motifs is 5. The molecule has 6 aliphatic rings. The maximum absolute atomic E-state index is 14.2. The zero-order chi connectivity index (χ0) is 40.0. The van der Waals surface area contributed by atoms with E-state index in [1.54, 1.807) is 6.07 Å². The fourth-order valence-electron chi connectivity index (χ4n) is 11.3. The fourth-order valence-corrected chi connectivity index (χ4v) is 13.1. The van der Waals surface area contributed by atoms with Crippen LogP contribution >= 0.6 is 11.6 Å². The molecule has 1 amide bonds. The second-order valence-electron chi connectivity index (χ2n) is 18.5. The van der Waals surface area contributed by atoms with Gasteiger partial charge in [-0.05, 0) is 144 Å². The first-order valence-corrected chi connectivity index (χ1v) is 23.5. The van der Waals surface area contributed by atoms with Crippen LogP contribution in [-0.4, -0.2) is 126 Å². The number of benzene rings is 2. The number of sulfonamides is 1. The molecule has 2 aliphatic carbocycles. The van der Waals surface area contributed by atoms with Gasteiger partial charge in [0.2, 0.25) is 10.0 Å². The van der Waals surface area contributed by atoms with Crippen molar-refractivity contribution in [2.45, 2.75) is 93.4 Å². The third-order valence-electron chi connectivity index (χ3n) is 14.6. The highest BCUT2D eigenvalue weighted by molar-refractivity contribution is 7.90. The number of carbonyl (C=O) groups is 1. The Hall–Kier alpha value is -2.67. The minimum Gasteiger partial charge on any atom is -0.490 e. The van der Waals surface area contributed by atoms with Gasteiger partial charge in [0.25, 0.3) is 5.91 Å². The first-order valence-electron chi connectivity index (χ1n) is 21.6. The summed E-state index contributed by atoms with van der Waals surface area (Å²) in [5.74, 6) is 0.518. The normalized spacial score (nSPS) is 33.9. The van der Waals surface area contributed by atoms with Crippen molar-refractivity contribution < 1.29 is 22.7 Å². The van der Waals surface area contributed by atoms with E-state index in [2.05, 4.69) is 43.7 Å². The third kappa shape index (κ3) is 8.40. The molecule has 4 heterocycles. The van der Waals surface area contributed by atoms with E-state index in [-0.39, 0.29) is 17.3 Å². The summed E-state index contributed by atoms with van der Waals surface area (Å²) in [5, 5.41) is -0.00154. The molecule has 1 N–H and O–H groups in total. The van der Waals surface area contributed by atoms with Crippen LogP contribution in [0.4, 0.5) is 5.69 Å². The molecule has 0 radical (unpaired) electrons. The number of piperazine rings is 1. The van der Waals surface area contributed by atoms with Crippen LogP contribution in [0.1, 0.15) is 86.2 Å². The second kappa shape index (κ2) is 16.8. The number of nitrogens with one attached hydrogen (secondary N) is 1. The number of nitrogens with zero attached hydrogens (tertiary/aromatic N) is 4. The zero-order valence-electron chi connectivity index (χ0n) is 34.6. The number of anilines is 1. The Kier molecular flexibility index (Phi) is 12.1. The largest absolute Gasteiger partial charge is 0.490 e. The van der Waals surface area contributed by atoms with Gasteiger partial charge in [-0.25, -0.2) is 13.1 Å². The number of aryl methyl sites for hydroxylation is 1. The van der Waals surface area contributed by atoms with Gasteiger partial charge in [-0.15, -0.1) is 0 Å². The van der Waals surface area contributed by atoms with Crippen molar-refractivity contribution in [3.63, 3.8) is 0 Å². The Morgan fingerprint density at radius 3 is 2.68 bits per heavy atom. The number of ether oxygens (including phenoxy) is 2. The lowest BCUT2D eigenvalue weighted by Gasteiger charge is -2.53. The molecule has 3 fully saturated rings. The summed E-state index contributed by atoms with van der Waals surface area (Å²) in [4.78, 5) is 23.8. The molecule has 2 bridgehead atoms. The average Bonchev–Trinajstić information content (AvgIpc) is 3.32. The molecular weight excluding hydrogens is 758 g/mol. The van der Waals surface area contributed by atoms with Gasteiger partial charge in [0.15, 0.2) is 0 Å². The van der Waals surface area contributed by atoms with Crippen LogP contribution in [0, 0.1) is 17.8 Å². The average molecular weight is 823 g/mol. The molecular formula is C45H64ClN5O5S. The van der Waals surface area contributed by atoms with Crippen LogP contribution in [0.15, 0.2) is 48.6 Å². The molecule has 0 aromatic heterocycles. The molecule has 2 aromatic carbocycles. The number of hydrogen-bond donors (Lipinski definition) is 1. The monoisotopic (exact) mass is 821 g/mol. The first-order chi connectivity index (χ1) is 27.4. The van der Waals surface area contributed by atoms with Crippen molar-refractivity contribution in [2.75, 3.05) is 85.1 Å². The summed E-state index contributed by atoms with van der Waals surface area (Å²) in [6, 6.07) is 12.4. The van der Waals surface area contributed by atoms with E-state index in [0.717, 1.165) is 87.8 Å². The van der Waals surface area contributed by atoms with Crippen molar-refractivity contribution in [2.24, 2.45) is 17.8 Å². The Balaban J connectivity index is 1.20.